The maximum absolute atomic E-state index is 11.0. The van der Waals surface area contributed by atoms with Crippen molar-refractivity contribution in [2.45, 2.75) is 32.3 Å². The molecule has 1 aliphatic heterocycles. The Hall–Kier alpha value is -1.06. The van der Waals surface area contributed by atoms with E-state index in [4.69, 9.17) is 4.74 Å². The number of aliphatic carboxylic acids is 1. The Balaban J connectivity index is 2.58. The van der Waals surface area contributed by atoms with Crippen LogP contribution < -0.4 is 5.11 Å². The van der Waals surface area contributed by atoms with E-state index in [0.29, 0.717) is 6.42 Å². The first-order valence-electron chi connectivity index (χ1n) is 3.83. The molecular weight excluding hydrogens is 160 g/mol. The Morgan fingerprint density at radius 2 is 2.33 bits per heavy atom. The number of carboxylic acids is 1. The minimum Gasteiger partial charge on any atom is -0.550 e. The largest absolute Gasteiger partial charge is 0.550 e. The van der Waals surface area contributed by atoms with Crippen LogP contribution in [0.4, 0.5) is 0 Å². The molecule has 12 heavy (non-hydrogen) atoms. The van der Waals surface area contributed by atoms with Gasteiger partial charge < -0.3 is 14.6 Å². The highest BCUT2D eigenvalue weighted by atomic mass is 16.6. The molecule has 68 valence electrons. The molecule has 0 aromatic carbocycles. The van der Waals surface area contributed by atoms with Gasteiger partial charge in [0, 0.05) is 18.8 Å². The molecule has 0 spiro atoms. The molecule has 1 aliphatic rings. The predicted molar refractivity (Wildman–Crippen MR) is 37.9 cm³/mol. The second-order valence-electron chi connectivity index (χ2n) is 3.66. The van der Waals surface area contributed by atoms with Crippen molar-refractivity contribution in [3.05, 3.63) is 0 Å². The first-order chi connectivity index (χ1) is 5.41. The molecule has 1 heterocycles. The zero-order valence-corrected chi connectivity index (χ0v) is 7.12. The first-order valence-corrected chi connectivity index (χ1v) is 3.83. The number of carboxylic acid groups (broad SMARTS) is 1. The summed E-state index contributed by atoms with van der Waals surface area (Å²) in [6, 6.07) is 0. The topological polar surface area (TPSA) is 66.4 Å². The molecule has 0 amide bonds. The monoisotopic (exact) mass is 171 g/mol. The van der Waals surface area contributed by atoms with Crippen molar-refractivity contribution in [1.29, 1.82) is 0 Å². The van der Waals surface area contributed by atoms with Crippen LogP contribution in [0.5, 0.6) is 0 Å². The summed E-state index contributed by atoms with van der Waals surface area (Å²) in [6.45, 7) is 3.53. The molecule has 4 nitrogen and oxygen atoms in total. The van der Waals surface area contributed by atoms with E-state index in [2.05, 4.69) is 0 Å². The molecule has 4 heteroatoms. The minimum absolute atomic E-state index is 0.234. The summed E-state index contributed by atoms with van der Waals surface area (Å²) >= 11 is 0. The summed E-state index contributed by atoms with van der Waals surface area (Å²) in [6.07, 6.45) is 0.224. The number of ether oxygens (including phenoxy) is 1. The van der Waals surface area contributed by atoms with Gasteiger partial charge in [-0.3, -0.25) is 4.79 Å². The molecule has 0 aromatic rings. The quantitative estimate of drug-likeness (QED) is 0.524. The van der Waals surface area contributed by atoms with Crippen LogP contribution in [-0.4, -0.2) is 17.5 Å². The molecule has 1 saturated heterocycles. The van der Waals surface area contributed by atoms with Gasteiger partial charge in [0.2, 0.25) is 0 Å². The summed E-state index contributed by atoms with van der Waals surface area (Å²) in [5.74, 6) is -2.15. The van der Waals surface area contributed by atoms with Gasteiger partial charge in [-0.2, -0.15) is 0 Å². The lowest BCUT2D eigenvalue weighted by molar-refractivity contribution is -0.306. The van der Waals surface area contributed by atoms with Crippen LogP contribution in [0.15, 0.2) is 0 Å². The van der Waals surface area contributed by atoms with Gasteiger partial charge in [-0.25, -0.2) is 0 Å². The first kappa shape index (κ1) is 9.03. The van der Waals surface area contributed by atoms with Gasteiger partial charge in [0.15, 0.2) is 0 Å². The normalized spacial score (nSPS) is 26.8. The number of hydrogen-bond acceptors (Lipinski definition) is 4. The van der Waals surface area contributed by atoms with Crippen molar-refractivity contribution in [2.75, 3.05) is 0 Å². The summed E-state index contributed by atoms with van der Waals surface area (Å²) in [7, 11) is 0. The Kier molecular flexibility index (Phi) is 2.08. The Morgan fingerprint density at radius 1 is 1.75 bits per heavy atom. The predicted octanol–water partition coefficient (Wildman–Crippen LogP) is -0.532. The maximum atomic E-state index is 11.0. The lowest BCUT2D eigenvalue weighted by Crippen LogP contribution is -2.26. The highest BCUT2D eigenvalue weighted by molar-refractivity contribution is 5.80. The van der Waals surface area contributed by atoms with Crippen LogP contribution in [0.3, 0.4) is 0 Å². The van der Waals surface area contributed by atoms with Crippen molar-refractivity contribution in [3.63, 3.8) is 0 Å². The third-order valence-electron chi connectivity index (χ3n) is 1.86. The van der Waals surface area contributed by atoms with Crippen molar-refractivity contribution in [3.8, 4) is 0 Å². The van der Waals surface area contributed by atoms with Crippen molar-refractivity contribution >= 4 is 11.9 Å². The van der Waals surface area contributed by atoms with Crippen LogP contribution in [0.1, 0.15) is 26.7 Å². The fourth-order valence-corrected chi connectivity index (χ4v) is 1.43. The maximum Gasteiger partial charge on any atom is 0.309 e. The van der Waals surface area contributed by atoms with Crippen molar-refractivity contribution in [2.24, 2.45) is 5.92 Å². The summed E-state index contributed by atoms with van der Waals surface area (Å²) in [4.78, 5) is 21.2. The van der Waals surface area contributed by atoms with E-state index < -0.39 is 23.5 Å². The zero-order chi connectivity index (χ0) is 9.35. The van der Waals surface area contributed by atoms with E-state index in [1.165, 1.54) is 0 Å². The van der Waals surface area contributed by atoms with Crippen LogP contribution in [-0.2, 0) is 14.3 Å². The van der Waals surface area contributed by atoms with Gasteiger partial charge in [0.1, 0.15) is 5.60 Å². The van der Waals surface area contributed by atoms with Gasteiger partial charge >= 0.3 is 5.97 Å². The van der Waals surface area contributed by atoms with E-state index in [1.54, 1.807) is 13.8 Å². The van der Waals surface area contributed by atoms with Crippen LogP contribution in [0.25, 0.3) is 0 Å². The molecule has 1 fully saturated rings. The Labute approximate surface area is 70.5 Å². The van der Waals surface area contributed by atoms with Gasteiger partial charge in [-0.05, 0) is 13.8 Å². The lowest BCUT2D eigenvalue weighted by atomic mass is 9.95. The average molecular weight is 171 g/mol. The fraction of sp³-hybridized carbons (Fsp3) is 0.750. The van der Waals surface area contributed by atoms with Gasteiger partial charge in [0.05, 0.1) is 5.92 Å². The molecule has 1 rings (SSSR count). The van der Waals surface area contributed by atoms with Crippen LogP contribution in [0.2, 0.25) is 0 Å². The Bertz CT molecular complexity index is 219. The smallest absolute Gasteiger partial charge is 0.309 e. The molecule has 0 aliphatic carbocycles. The van der Waals surface area contributed by atoms with Crippen LogP contribution >= 0.6 is 0 Å². The number of carbonyl (C=O) groups is 2. The minimum atomic E-state index is -1.20. The molecule has 0 aromatic heterocycles. The lowest BCUT2D eigenvalue weighted by Gasteiger charge is -2.14. The third-order valence-corrected chi connectivity index (χ3v) is 1.86. The summed E-state index contributed by atoms with van der Waals surface area (Å²) in [5, 5.41) is 10.2. The molecule has 0 bridgehead atoms. The molecule has 1 unspecified atom stereocenters. The van der Waals surface area contributed by atoms with Gasteiger partial charge in [0.25, 0.3) is 0 Å². The van der Waals surface area contributed by atoms with Gasteiger partial charge in [-0.1, -0.05) is 0 Å². The molecule has 0 N–H and O–H groups in total. The van der Waals surface area contributed by atoms with Crippen LogP contribution in [0, 0.1) is 5.92 Å². The third kappa shape index (κ3) is 1.96. The van der Waals surface area contributed by atoms with E-state index in [1.807, 2.05) is 0 Å². The van der Waals surface area contributed by atoms with E-state index in [-0.39, 0.29) is 6.42 Å². The standard InChI is InChI=1S/C8H12O4/c1-8(2)4-5(3-6(9)10)7(11)12-8/h5H,3-4H2,1-2H3,(H,9,10)/p-1. The fourth-order valence-electron chi connectivity index (χ4n) is 1.43. The highest BCUT2D eigenvalue weighted by Crippen LogP contribution is 2.31. The SMILES string of the molecule is CC1(C)CC(CC(=O)[O-])C(=O)O1. The summed E-state index contributed by atoms with van der Waals surface area (Å²) < 4.78 is 4.93. The second kappa shape index (κ2) is 2.77. The molecule has 1 atom stereocenters. The number of rotatable bonds is 2. The number of esters is 1. The zero-order valence-electron chi connectivity index (χ0n) is 7.12. The van der Waals surface area contributed by atoms with E-state index >= 15 is 0 Å². The number of cyclic esters (lactones) is 1. The van der Waals surface area contributed by atoms with E-state index in [9.17, 15) is 14.7 Å². The van der Waals surface area contributed by atoms with Crippen molar-refractivity contribution in [1.82, 2.24) is 0 Å². The molecule has 0 radical (unpaired) electrons. The van der Waals surface area contributed by atoms with Crippen molar-refractivity contribution < 1.29 is 19.4 Å². The molecular formula is C8H11O4-. The molecule has 0 saturated carbocycles. The van der Waals surface area contributed by atoms with Gasteiger partial charge in [-0.15, -0.1) is 0 Å². The summed E-state index contributed by atoms with van der Waals surface area (Å²) in [5.41, 5.74) is -0.517. The second-order valence-corrected chi connectivity index (χ2v) is 3.66. The average Bonchev–Trinajstić information content (AvgIpc) is 2.03. The Morgan fingerprint density at radius 3 is 2.67 bits per heavy atom. The number of carbonyl (C=O) groups excluding carboxylic acids is 2. The van der Waals surface area contributed by atoms with E-state index in [0.717, 1.165) is 0 Å². The highest BCUT2D eigenvalue weighted by Gasteiger charge is 2.39. The number of hydrogen-bond donors (Lipinski definition) is 0.